The van der Waals surface area contributed by atoms with Gasteiger partial charge in [0.15, 0.2) is 0 Å². The Morgan fingerprint density at radius 2 is 1.96 bits per heavy atom. The summed E-state index contributed by atoms with van der Waals surface area (Å²) in [6.45, 7) is 1.16. The van der Waals surface area contributed by atoms with Gasteiger partial charge in [-0.1, -0.05) is 18.6 Å². The summed E-state index contributed by atoms with van der Waals surface area (Å²) >= 11 is 0. The van der Waals surface area contributed by atoms with E-state index in [1.165, 1.54) is 12.1 Å². The fourth-order valence-corrected chi connectivity index (χ4v) is 3.80. The quantitative estimate of drug-likeness (QED) is 0.817. The lowest BCUT2D eigenvalue weighted by molar-refractivity contribution is -0.131. The van der Waals surface area contributed by atoms with Crippen molar-refractivity contribution < 1.29 is 19.1 Å². The summed E-state index contributed by atoms with van der Waals surface area (Å²) in [5.74, 6) is -0.142. The standard InChI is InChI=1S/C20H27FN2O3/c21-16-7-5-14(6-8-16)20(15-12-17(24)13-15)22-18(25)9-11-23-10-3-1-2-4-19(23)26/h5-8,15,17,20,24H,1-4,9-13H2,(H,22,25). The van der Waals surface area contributed by atoms with Crippen LogP contribution in [0.1, 0.15) is 56.6 Å². The Labute approximate surface area is 153 Å². The average Bonchev–Trinajstić information content (AvgIpc) is 2.80. The van der Waals surface area contributed by atoms with E-state index in [1.54, 1.807) is 17.0 Å². The SMILES string of the molecule is O=C(CCN1CCCCCC1=O)NC(c1ccc(F)cc1)C1CC(O)C1. The van der Waals surface area contributed by atoms with E-state index in [-0.39, 0.29) is 42.1 Å². The summed E-state index contributed by atoms with van der Waals surface area (Å²) in [5, 5.41) is 12.6. The van der Waals surface area contributed by atoms with Gasteiger partial charge in [0.05, 0.1) is 12.1 Å². The molecule has 2 aliphatic rings. The van der Waals surface area contributed by atoms with Crippen molar-refractivity contribution in [3.63, 3.8) is 0 Å². The monoisotopic (exact) mass is 362 g/mol. The maximum atomic E-state index is 13.2. The zero-order chi connectivity index (χ0) is 18.5. The van der Waals surface area contributed by atoms with Crippen LogP contribution in [0.25, 0.3) is 0 Å². The number of benzene rings is 1. The molecule has 1 unspecified atom stereocenters. The molecule has 0 radical (unpaired) electrons. The second kappa shape index (κ2) is 8.62. The predicted molar refractivity (Wildman–Crippen MR) is 95.7 cm³/mol. The van der Waals surface area contributed by atoms with Crippen molar-refractivity contribution in [3.05, 3.63) is 35.6 Å². The third-order valence-electron chi connectivity index (χ3n) is 5.45. The van der Waals surface area contributed by atoms with Gasteiger partial charge in [-0.05, 0) is 49.3 Å². The summed E-state index contributed by atoms with van der Waals surface area (Å²) in [7, 11) is 0. The molecule has 3 rings (SSSR count). The first-order valence-electron chi connectivity index (χ1n) is 9.53. The lowest BCUT2D eigenvalue weighted by Gasteiger charge is -2.38. The minimum atomic E-state index is -0.324. The Morgan fingerprint density at radius 3 is 2.65 bits per heavy atom. The number of rotatable bonds is 6. The van der Waals surface area contributed by atoms with Gasteiger partial charge in [-0.2, -0.15) is 0 Å². The maximum Gasteiger partial charge on any atom is 0.222 e. The van der Waals surface area contributed by atoms with E-state index < -0.39 is 0 Å². The van der Waals surface area contributed by atoms with Crippen molar-refractivity contribution in [2.45, 2.75) is 57.1 Å². The summed E-state index contributed by atoms with van der Waals surface area (Å²) in [5.41, 5.74) is 0.850. The Morgan fingerprint density at radius 1 is 1.23 bits per heavy atom. The first-order chi connectivity index (χ1) is 12.5. The highest BCUT2D eigenvalue weighted by Gasteiger charge is 2.35. The Balaban J connectivity index is 1.58. The van der Waals surface area contributed by atoms with Crippen molar-refractivity contribution in [3.8, 4) is 0 Å². The van der Waals surface area contributed by atoms with Crippen LogP contribution in [-0.4, -0.2) is 41.0 Å². The van der Waals surface area contributed by atoms with Gasteiger partial charge in [0.25, 0.3) is 0 Å². The molecule has 2 fully saturated rings. The molecule has 1 aromatic carbocycles. The van der Waals surface area contributed by atoms with Crippen molar-refractivity contribution in [1.82, 2.24) is 10.2 Å². The molecule has 0 bridgehead atoms. The molecule has 0 spiro atoms. The summed E-state index contributed by atoms with van der Waals surface area (Å²) in [6.07, 6.45) is 4.75. The topological polar surface area (TPSA) is 69.6 Å². The van der Waals surface area contributed by atoms with Crippen LogP contribution in [-0.2, 0) is 9.59 Å². The van der Waals surface area contributed by atoms with Crippen molar-refractivity contribution in [2.75, 3.05) is 13.1 Å². The van der Waals surface area contributed by atoms with Crippen LogP contribution in [0, 0.1) is 11.7 Å². The van der Waals surface area contributed by atoms with E-state index in [0.717, 1.165) is 31.4 Å². The highest BCUT2D eigenvalue weighted by atomic mass is 19.1. The molecule has 1 atom stereocenters. The van der Waals surface area contributed by atoms with Crippen LogP contribution < -0.4 is 5.32 Å². The fraction of sp³-hybridized carbons (Fsp3) is 0.600. The third kappa shape index (κ3) is 4.81. The van der Waals surface area contributed by atoms with Crippen molar-refractivity contribution >= 4 is 11.8 Å². The zero-order valence-corrected chi connectivity index (χ0v) is 15.0. The average molecular weight is 362 g/mol. The van der Waals surface area contributed by atoms with Crippen LogP contribution in [0.15, 0.2) is 24.3 Å². The van der Waals surface area contributed by atoms with Gasteiger partial charge >= 0.3 is 0 Å². The van der Waals surface area contributed by atoms with Gasteiger partial charge in [-0.3, -0.25) is 9.59 Å². The van der Waals surface area contributed by atoms with E-state index >= 15 is 0 Å². The van der Waals surface area contributed by atoms with Gasteiger partial charge in [0.2, 0.25) is 11.8 Å². The van der Waals surface area contributed by atoms with Crippen molar-refractivity contribution in [1.29, 1.82) is 0 Å². The molecule has 1 heterocycles. The Hall–Kier alpha value is -1.95. The molecule has 26 heavy (non-hydrogen) atoms. The number of halogens is 1. The molecular weight excluding hydrogens is 335 g/mol. The van der Waals surface area contributed by atoms with E-state index in [4.69, 9.17) is 0 Å². The van der Waals surface area contributed by atoms with Gasteiger partial charge in [0.1, 0.15) is 5.82 Å². The summed E-state index contributed by atoms with van der Waals surface area (Å²) in [4.78, 5) is 26.3. The van der Waals surface area contributed by atoms with Crippen LogP contribution in [0.5, 0.6) is 0 Å². The molecule has 5 nitrogen and oxygen atoms in total. The lowest BCUT2D eigenvalue weighted by Crippen LogP contribution is -2.42. The number of aliphatic hydroxyl groups excluding tert-OH is 1. The molecular formula is C20H27FN2O3. The number of carbonyl (C=O) groups is 2. The first kappa shape index (κ1) is 18.8. The van der Waals surface area contributed by atoms with Gasteiger partial charge in [-0.25, -0.2) is 4.39 Å². The highest BCUT2D eigenvalue weighted by molar-refractivity contribution is 5.79. The molecule has 2 N–H and O–H groups in total. The van der Waals surface area contributed by atoms with E-state index in [9.17, 15) is 19.1 Å². The largest absolute Gasteiger partial charge is 0.393 e. The third-order valence-corrected chi connectivity index (χ3v) is 5.45. The molecule has 6 heteroatoms. The zero-order valence-electron chi connectivity index (χ0n) is 15.0. The minimum Gasteiger partial charge on any atom is -0.393 e. The van der Waals surface area contributed by atoms with Gasteiger partial charge in [0, 0.05) is 25.9 Å². The minimum absolute atomic E-state index is 0.113. The molecule has 1 saturated carbocycles. The van der Waals surface area contributed by atoms with Crippen LogP contribution in [0.2, 0.25) is 0 Å². The number of likely N-dealkylation sites (tertiary alicyclic amines) is 1. The number of nitrogens with zero attached hydrogens (tertiary/aromatic N) is 1. The molecule has 1 saturated heterocycles. The number of nitrogens with one attached hydrogen (secondary N) is 1. The van der Waals surface area contributed by atoms with E-state index in [2.05, 4.69) is 5.32 Å². The molecule has 142 valence electrons. The van der Waals surface area contributed by atoms with Crippen LogP contribution in [0.4, 0.5) is 4.39 Å². The maximum absolute atomic E-state index is 13.2. The fourth-order valence-electron chi connectivity index (χ4n) is 3.80. The number of amides is 2. The number of aliphatic hydroxyl groups is 1. The number of hydrogen-bond acceptors (Lipinski definition) is 3. The van der Waals surface area contributed by atoms with Gasteiger partial charge < -0.3 is 15.3 Å². The normalized spacial score (nSPS) is 24.5. The van der Waals surface area contributed by atoms with Crippen LogP contribution in [0.3, 0.4) is 0 Å². The predicted octanol–water partition coefficient (Wildman–Crippen LogP) is 2.55. The lowest BCUT2D eigenvalue weighted by atomic mass is 9.75. The molecule has 0 aromatic heterocycles. The molecule has 1 aliphatic carbocycles. The molecule has 2 amide bonds. The second-order valence-corrected chi connectivity index (χ2v) is 7.42. The number of carbonyl (C=O) groups excluding carboxylic acids is 2. The second-order valence-electron chi connectivity index (χ2n) is 7.42. The van der Waals surface area contributed by atoms with Gasteiger partial charge in [-0.15, -0.1) is 0 Å². The van der Waals surface area contributed by atoms with E-state index in [0.29, 0.717) is 25.8 Å². The molecule has 1 aromatic rings. The Bertz CT molecular complexity index is 628. The summed E-state index contributed by atoms with van der Waals surface area (Å²) in [6, 6.07) is 5.91. The number of hydrogen-bond donors (Lipinski definition) is 2. The summed E-state index contributed by atoms with van der Waals surface area (Å²) < 4.78 is 13.2. The van der Waals surface area contributed by atoms with Crippen LogP contribution >= 0.6 is 0 Å². The Kier molecular flexibility index (Phi) is 6.25. The molecule has 1 aliphatic heterocycles. The first-order valence-corrected chi connectivity index (χ1v) is 9.53. The highest BCUT2D eigenvalue weighted by Crippen LogP contribution is 2.38. The van der Waals surface area contributed by atoms with E-state index in [1.807, 2.05) is 0 Å². The smallest absolute Gasteiger partial charge is 0.222 e. The van der Waals surface area contributed by atoms with Crippen molar-refractivity contribution in [2.24, 2.45) is 5.92 Å².